The Bertz CT molecular complexity index is 940. The van der Waals surface area contributed by atoms with Crippen molar-refractivity contribution in [1.82, 2.24) is 15.0 Å². The number of hydrogen-bond acceptors (Lipinski definition) is 2. The molecular weight excluding hydrogens is 302 g/mol. The van der Waals surface area contributed by atoms with E-state index in [0.717, 1.165) is 43.0 Å². The van der Waals surface area contributed by atoms with Crippen molar-refractivity contribution >= 4 is 48.8 Å². The van der Waals surface area contributed by atoms with E-state index in [9.17, 15) is 0 Å². The fourth-order valence-corrected chi connectivity index (χ4v) is 2.83. The van der Waals surface area contributed by atoms with Gasteiger partial charge in [0, 0.05) is 32.5 Å². The molecule has 0 fully saturated rings. The van der Waals surface area contributed by atoms with Crippen LogP contribution in [0, 0.1) is 6.92 Å². The molecule has 4 rings (SSSR count). The molecule has 1 aromatic carbocycles. The molecule has 4 heteroatoms. The molecule has 1 N–H and O–H groups in total. The van der Waals surface area contributed by atoms with Crippen molar-refractivity contribution in [2.75, 3.05) is 0 Å². The Kier molecular flexibility index (Phi) is 2.17. The third-order valence-electron chi connectivity index (χ3n) is 3.38. The summed E-state index contributed by atoms with van der Waals surface area (Å²) in [5.74, 6) is 0. The van der Waals surface area contributed by atoms with Crippen molar-refractivity contribution in [3.05, 3.63) is 46.7 Å². The number of nitrogens with one attached hydrogen (secondary N) is 1. The van der Waals surface area contributed by atoms with Gasteiger partial charge in [-0.3, -0.25) is 0 Å². The highest BCUT2D eigenvalue weighted by molar-refractivity contribution is 9.10. The van der Waals surface area contributed by atoms with E-state index in [1.807, 2.05) is 25.3 Å². The number of H-pyrrole nitrogens is 1. The zero-order chi connectivity index (χ0) is 13.0. The molecule has 19 heavy (non-hydrogen) atoms. The third kappa shape index (κ3) is 1.56. The molecule has 0 amide bonds. The van der Waals surface area contributed by atoms with E-state index in [4.69, 9.17) is 4.98 Å². The smallest absolute Gasteiger partial charge is 0.139 e. The fraction of sp³-hybridized carbons (Fsp3) is 0.0667. The predicted molar refractivity (Wildman–Crippen MR) is 81.3 cm³/mol. The number of aryl methyl sites for hydroxylation is 1. The minimum atomic E-state index is 0.884. The van der Waals surface area contributed by atoms with Gasteiger partial charge in [0.2, 0.25) is 0 Å². The lowest BCUT2D eigenvalue weighted by Crippen LogP contribution is -1.87. The molecule has 0 saturated carbocycles. The van der Waals surface area contributed by atoms with E-state index in [1.165, 1.54) is 0 Å². The summed E-state index contributed by atoms with van der Waals surface area (Å²) in [6.07, 6.45) is 1.90. The van der Waals surface area contributed by atoms with Crippen molar-refractivity contribution in [3.8, 4) is 0 Å². The van der Waals surface area contributed by atoms with E-state index in [2.05, 4.69) is 44.1 Å². The summed E-state index contributed by atoms with van der Waals surface area (Å²) >= 11 is 3.51. The number of hydrogen-bond donors (Lipinski definition) is 1. The predicted octanol–water partition coefficient (Wildman–Crippen LogP) is 4.34. The summed E-state index contributed by atoms with van der Waals surface area (Å²) in [5, 5.41) is 3.30. The Balaban J connectivity index is 2.25. The van der Waals surface area contributed by atoms with Crippen LogP contribution in [0.4, 0.5) is 0 Å². The first-order chi connectivity index (χ1) is 9.22. The molecule has 0 unspecified atom stereocenters. The SMILES string of the molecule is Cc1ccc2c(ncc3c4cc(Br)ccc4nc23)[nH]1. The van der Waals surface area contributed by atoms with Gasteiger partial charge >= 0.3 is 0 Å². The van der Waals surface area contributed by atoms with Crippen LogP contribution < -0.4 is 0 Å². The number of pyridine rings is 2. The number of benzene rings is 1. The van der Waals surface area contributed by atoms with E-state index in [0.29, 0.717) is 0 Å². The molecule has 0 aliphatic carbocycles. The van der Waals surface area contributed by atoms with Crippen molar-refractivity contribution < 1.29 is 0 Å². The highest BCUT2D eigenvalue weighted by atomic mass is 79.9. The van der Waals surface area contributed by atoms with Crippen LogP contribution in [0.5, 0.6) is 0 Å². The van der Waals surface area contributed by atoms with Crippen LogP contribution in [-0.4, -0.2) is 15.0 Å². The monoisotopic (exact) mass is 311 g/mol. The molecule has 3 nitrogen and oxygen atoms in total. The minimum Gasteiger partial charge on any atom is -0.344 e. The molecule has 3 aromatic heterocycles. The summed E-state index contributed by atoms with van der Waals surface area (Å²) in [6, 6.07) is 10.3. The van der Waals surface area contributed by atoms with Gasteiger partial charge in [0.1, 0.15) is 5.65 Å². The molecule has 4 aromatic rings. The summed E-state index contributed by atoms with van der Waals surface area (Å²) in [7, 11) is 0. The van der Waals surface area contributed by atoms with Gasteiger partial charge in [-0.15, -0.1) is 0 Å². The van der Waals surface area contributed by atoms with E-state index in [-0.39, 0.29) is 0 Å². The molecule has 0 radical (unpaired) electrons. The first-order valence-corrected chi connectivity index (χ1v) is 6.85. The molecular formula is C15H10BrN3. The molecule has 3 heterocycles. The average molecular weight is 312 g/mol. The molecule has 0 bridgehead atoms. The van der Waals surface area contributed by atoms with Gasteiger partial charge in [-0.2, -0.15) is 0 Å². The minimum absolute atomic E-state index is 0.884. The summed E-state index contributed by atoms with van der Waals surface area (Å²) in [5.41, 5.74) is 4.00. The van der Waals surface area contributed by atoms with Gasteiger partial charge in [0.05, 0.1) is 11.0 Å². The second-order valence-electron chi connectivity index (χ2n) is 4.70. The number of fused-ring (bicyclic) bond motifs is 5. The van der Waals surface area contributed by atoms with Crippen LogP contribution in [-0.2, 0) is 0 Å². The largest absolute Gasteiger partial charge is 0.344 e. The number of halogens is 1. The van der Waals surface area contributed by atoms with Crippen LogP contribution in [0.25, 0.3) is 32.8 Å². The quantitative estimate of drug-likeness (QED) is 0.525. The second-order valence-corrected chi connectivity index (χ2v) is 5.61. The zero-order valence-electron chi connectivity index (χ0n) is 10.2. The summed E-state index contributed by atoms with van der Waals surface area (Å²) in [4.78, 5) is 12.5. The molecule has 0 atom stereocenters. The Hall–Kier alpha value is -1.94. The fourth-order valence-electron chi connectivity index (χ4n) is 2.47. The lowest BCUT2D eigenvalue weighted by Gasteiger charge is -2.00. The Labute approximate surface area is 117 Å². The lowest BCUT2D eigenvalue weighted by atomic mass is 10.1. The maximum atomic E-state index is 4.73. The Morgan fingerprint density at radius 2 is 1.95 bits per heavy atom. The summed E-state index contributed by atoms with van der Waals surface area (Å²) in [6.45, 7) is 2.03. The normalized spacial score (nSPS) is 11.7. The summed E-state index contributed by atoms with van der Waals surface area (Å²) < 4.78 is 1.06. The van der Waals surface area contributed by atoms with Crippen LogP contribution in [0.15, 0.2) is 41.0 Å². The van der Waals surface area contributed by atoms with Gasteiger partial charge < -0.3 is 4.98 Å². The maximum absolute atomic E-state index is 4.73. The van der Waals surface area contributed by atoms with Gasteiger partial charge in [-0.25, -0.2) is 9.97 Å². The Morgan fingerprint density at radius 3 is 2.84 bits per heavy atom. The first kappa shape index (κ1) is 10.9. The second kappa shape index (κ2) is 3.78. The maximum Gasteiger partial charge on any atom is 0.139 e. The van der Waals surface area contributed by atoms with Crippen LogP contribution in [0.2, 0.25) is 0 Å². The van der Waals surface area contributed by atoms with E-state index >= 15 is 0 Å². The van der Waals surface area contributed by atoms with Crippen molar-refractivity contribution in [3.63, 3.8) is 0 Å². The topological polar surface area (TPSA) is 41.6 Å². The van der Waals surface area contributed by atoms with Crippen molar-refractivity contribution in [1.29, 1.82) is 0 Å². The van der Waals surface area contributed by atoms with E-state index in [1.54, 1.807) is 0 Å². The number of aromatic nitrogens is 3. The number of rotatable bonds is 0. The van der Waals surface area contributed by atoms with Crippen LogP contribution >= 0.6 is 15.9 Å². The molecule has 0 aliphatic rings. The molecule has 92 valence electrons. The van der Waals surface area contributed by atoms with Gasteiger partial charge in [0.25, 0.3) is 0 Å². The lowest BCUT2D eigenvalue weighted by molar-refractivity contribution is 1.21. The first-order valence-electron chi connectivity index (χ1n) is 6.06. The van der Waals surface area contributed by atoms with Gasteiger partial charge in [-0.1, -0.05) is 15.9 Å². The average Bonchev–Trinajstić information content (AvgIpc) is 2.76. The van der Waals surface area contributed by atoms with Crippen LogP contribution in [0.1, 0.15) is 5.69 Å². The zero-order valence-corrected chi connectivity index (χ0v) is 11.8. The Morgan fingerprint density at radius 1 is 1.05 bits per heavy atom. The molecule has 0 saturated heterocycles. The third-order valence-corrected chi connectivity index (χ3v) is 3.88. The van der Waals surface area contributed by atoms with E-state index < -0.39 is 0 Å². The standard InChI is InChI=1S/C15H10BrN3/c1-8-2-4-10-14-12(7-17-15(10)18-8)11-6-9(16)3-5-13(11)19-14/h2-7H,1H3,(H,17,18). The number of aromatic amines is 1. The van der Waals surface area contributed by atoms with Crippen LogP contribution in [0.3, 0.4) is 0 Å². The highest BCUT2D eigenvalue weighted by Gasteiger charge is 2.10. The highest BCUT2D eigenvalue weighted by Crippen LogP contribution is 2.31. The molecule has 0 spiro atoms. The van der Waals surface area contributed by atoms with Gasteiger partial charge in [-0.05, 0) is 37.3 Å². The van der Waals surface area contributed by atoms with Gasteiger partial charge in [0.15, 0.2) is 0 Å². The van der Waals surface area contributed by atoms with Crippen molar-refractivity contribution in [2.45, 2.75) is 6.92 Å². The molecule has 0 aliphatic heterocycles. The van der Waals surface area contributed by atoms with Crippen molar-refractivity contribution in [2.24, 2.45) is 0 Å². The number of nitrogens with zero attached hydrogens (tertiary/aromatic N) is 2.